The van der Waals surface area contributed by atoms with Gasteiger partial charge < -0.3 is 14.4 Å². The quantitative estimate of drug-likeness (QED) is 0.0484. The smallest absolute Gasteiger partial charge is 0.0541 e. The maximum Gasteiger partial charge on any atom is 0.0541 e. The molecule has 1 heterocycles. The highest BCUT2D eigenvalue weighted by Crippen LogP contribution is 2.60. The van der Waals surface area contributed by atoms with Crippen LogP contribution in [-0.4, -0.2) is 4.57 Å². The van der Waals surface area contributed by atoms with Crippen LogP contribution in [0.5, 0.6) is 0 Å². The summed E-state index contributed by atoms with van der Waals surface area (Å²) in [5.41, 5.74) is 37.1. The van der Waals surface area contributed by atoms with E-state index < -0.39 is 0 Å². The average molecular weight is 1580 g/mol. The highest BCUT2D eigenvalue weighted by atomic mass is 15.1. The van der Waals surface area contributed by atoms with E-state index in [4.69, 9.17) is 0 Å². The van der Waals surface area contributed by atoms with Gasteiger partial charge in [-0.3, -0.25) is 0 Å². The first-order valence-corrected chi connectivity index (χ1v) is 44.4. The first-order chi connectivity index (χ1) is 60.3. The van der Waals surface area contributed by atoms with Gasteiger partial charge in [-0.25, -0.2) is 0 Å². The molecule has 18 aromatic rings. The second-order valence-electron chi connectivity index (χ2n) is 33.4. The Bertz CT molecular complexity index is 6410. The number of para-hydroxylation sites is 4. The van der Waals surface area contributed by atoms with E-state index in [1.807, 2.05) is 0 Å². The van der Waals surface area contributed by atoms with E-state index in [1.165, 1.54) is 127 Å². The van der Waals surface area contributed by atoms with E-state index in [0.717, 1.165) is 121 Å². The summed E-state index contributed by atoms with van der Waals surface area (Å²) in [7, 11) is 0. The molecule has 17 aromatic carbocycles. The minimum Gasteiger partial charge on any atom is -0.311 e. The van der Waals surface area contributed by atoms with Crippen LogP contribution in [0, 0.1) is 11.8 Å². The molecule has 594 valence electrons. The van der Waals surface area contributed by atoms with Gasteiger partial charge in [-0.2, -0.15) is 0 Å². The molecule has 1 aromatic heterocycles. The molecule has 1 aliphatic rings. The lowest BCUT2D eigenvalue weighted by Gasteiger charge is -2.39. The second-order valence-corrected chi connectivity index (χ2v) is 33.4. The van der Waals surface area contributed by atoms with Crippen LogP contribution < -0.4 is 9.80 Å². The van der Waals surface area contributed by atoms with Gasteiger partial charge in [-0.15, -0.1) is 0 Å². The predicted octanol–water partition coefficient (Wildman–Crippen LogP) is 34.2. The fourth-order valence-electron chi connectivity index (χ4n) is 20.0. The minimum atomic E-state index is -0.216. The number of aromatic nitrogens is 1. The van der Waals surface area contributed by atoms with Crippen LogP contribution in [0.15, 0.2) is 419 Å². The van der Waals surface area contributed by atoms with Crippen molar-refractivity contribution in [1.82, 2.24) is 4.57 Å². The van der Waals surface area contributed by atoms with Gasteiger partial charge in [0, 0.05) is 56.0 Å². The molecule has 0 radical (unpaired) electrons. The number of hydrogen-bond acceptors (Lipinski definition) is 2. The molecule has 0 saturated carbocycles. The molecule has 2 unspecified atom stereocenters. The molecule has 0 fully saturated rings. The number of rotatable bonds is 28. The maximum absolute atomic E-state index is 2.68. The second kappa shape index (κ2) is 35.2. The largest absolute Gasteiger partial charge is 0.311 e. The monoisotopic (exact) mass is 1570 g/mol. The zero-order valence-corrected chi connectivity index (χ0v) is 70.4. The van der Waals surface area contributed by atoms with E-state index >= 15 is 0 Å². The average Bonchev–Trinajstić information content (AvgIpc) is 0.738. The molecule has 3 heteroatoms. The van der Waals surface area contributed by atoms with Crippen molar-refractivity contribution in [3.63, 3.8) is 0 Å². The normalized spacial score (nSPS) is 13.4. The molecule has 0 N–H and O–H groups in total. The van der Waals surface area contributed by atoms with Crippen molar-refractivity contribution in [2.75, 3.05) is 9.80 Å². The molecule has 2 atom stereocenters. The molecule has 1 aliphatic carbocycles. The third-order valence-electron chi connectivity index (χ3n) is 26.0. The Morgan fingerprint density at radius 1 is 0.238 bits per heavy atom. The molecule has 0 amide bonds. The zero-order chi connectivity index (χ0) is 82.3. The Morgan fingerprint density at radius 3 is 0.787 bits per heavy atom. The van der Waals surface area contributed by atoms with Crippen LogP contribution in [0.25, 0.3) is 139 Å². The summed E-state index contributed by atoms with van der Waals surface area (Å²) in [5.74, 6) is 1.13. The zero-order valence-electron chi connectivity index (χ0n) is 70.4. The lowest BCUT2D eigenvalue weighted by molar-refractivity contribution is 0.266. The molecule has 0 spiro atoms. The van der Waals surface area contributed by atoms with Gasteiger partial charge in [0.15, 0.2) is 0 Å². The molecular weight excluding hydrogens is 1470 g/mol. The van der Waals surface area contributed by atoms with Crippen molar-refractivity contribution in [1.29, 1.82) is 0 Å². The number of unbranched alkanes of at least 4 members (excludes halogenated alkanes) is 2. The molecule has 3 nitrogen and oxygen atoms in total. The number of fused-ring (bicyclic) bond motifs is 6. The van der Waals surface area contributed by atoms with Crippen LogP contribution in [0.3, 0.4) is 0 Å². The molecule has 0 bridgehead atoms. The third kappa shape index (κ3) is 15.2. The van der Waals surface area contributed by atoms with Crippen LogP contribution in [0.2, 0.25) is 0 Å². The van der Waals surface area contributed by atoms with Crippen LogP contribution in [0.4, 0.5) is 34.1 Å². The molecule has 122 heavy (non-hydrogen) atoms. The number of benzene rings is 17. The van der Waals surface area contributed by atoms with Crippen molar-refractivity contribution in [3.05, 3.63) is 430 Å². The van der Waals surface area contributed by atoms with Gasteiger partial charge in [-0.1, -0.05) is 376 Å². The summed E-state index contributed by atoms with van der Waals surface area (Å²) in [6, 6.07) is 156. The Labute approximate surface area is 721 Å². The van der Waals surface area contributed by atoms with Gasteiger partial charge in [-0.05, 0) is 268 Å². The van der Waals surface area contributed by atoms with Crippen molar-refractivity contribution >= 4 is 55.9 Å². The number of anilines is 6. The fraction of sp³-hybridized carbons (Fsp3) is 0.143. The topological polar surface area (TPSA) is 11.4 Å². The van der Waals surface area contributed by atoms with Crippen molar-refractivity contribution < 1.29 is 0 Å². The molecule has 19 rings (SSSR count). The van der Waals surface area contributed by atoms with Gasteiger partial charge in [0.05, 0.1) is 11.0 Å². The van der Waals surface area contributed by atoms with Crippen LogP contribution in [-0.2, 0) is 5.41 Å². The van der Waals surface area contributed by atoms with Crippen molar-refractivity contribution in [2.24, 2.45) is 11.8 Å². The molecule has 0 saturated heterocycles. The van der Waals surface area contributed by atoms with Gasteiger partial charge in [0.2, 0.25) is 0 Å². The van der Waals surface area contributed by atoms with E-state index in [2.05, 4.69) is 461 Å². The SMILES string of the molecule is CCCCC(CC)CC1(CC(CC)CCCC)c2cc(-c3ccc(N(c4ccccc4)c4ccccc4)cc3)ccc2-c2ccc(-c3ccc4c(c3)c3cc(-c5ccc(N(c6ccccc6)c6ccccc6)cc5)ccc3n4-c3ccc(-c4c(-c5ccccc5)c(-c5ccccc5)c(-c5ccccc5)c(-c5ccccc5)c4-c4ccccc4)cc3)cc21. The van der Waals surface area contributed by atoms with Crippen LogP contribution >= 0.6 is 0 Å². The summed E-state index contributed by atoms with van der Waals surface area (Å²) >= 11 is 0. The van der Waals surface area contributed by atoms with Crippen molar-refractivity contribution in [3.8, 4) is 117 Å². The lowest BCUT2D eigenvalue weighted by atomic mass is 9.64. The lowest BCUT2D eigenvalue weighted by Crippen LogP contribution is -2.31. The first-order valence-electron chi connectivity index (χ1n) is 44.4. The summed E-state index contributed by atoms with van der Waals surface area (Å²) in [6.07, 6.45) is 11.9. The van der Waals surface area contributed by atoms with Gasteiger partial charge in [0.25, 0.3) is 0 Å². The summed E-state index contributed by atoms with van der Waals surface area (Å²) in [5, 5.41) is 2.42. The molecular formula is C119H103N3. The van der Waals surface area contributed by atoms with E-state index in [9.17, 15) is 0 Å². The Balaban J connectivity index is 0.792. The summed E-state index contributed by atoms with van der Waals surface area (Å²) < 4.78 is 2.53. The summed E-state index contributed by atoms with van der Waals surface area (Å²) in [4.78, 5) is 4.71. The first kappa shape index (κ1) is 78.0. The Morgan fingerprint density at radius 2 is 0.484 bits per heavy atom. The number of hydrogen-bond donors (Lipinski definition) is 0. The number of nitrogens with zero attached hydrogens (tertiary/aromatic N) is 3. The van der Waals surface area contributed by atoms with Gasteiger partial charge >= 0.3 is 0 Å². The predicted molar refractivity (Wildman–Crippen MR) is 521 cm³/mol. The van der Waals surface area contributed by atoms with Gasteiger partial charge in [0.1, 0.15) is 0 Å². The van der Waals surface area contributed by atoms with E-state index in [-0.39, 0.29) is 5.41 Å². The fourth-order valence-corrected chi connectivity index (χ4v) is 20.0. The Kier molecular flexibility index (Phi) is 22.5. The standard InChI is InChI=1S/C119H103N3/c1-5-9-38-84(7-3)82-119(83-85(8-4)39-10-6-2)109-80-96(87-60-70-103(71-61-87)121(100-54-34-18-35-55-100)101-56-36-19-37-57-101)64-74-105(109)106-75-65-97(81-110(106)119)95-67-77-112-108(79-95)107-78-94(86-58-68-102(69-59-86)120(98-50-30-16-31-51-98)99-52-32-17-33-53-99)66-76-111(107)122(112)104-72-62-93(63-73-104)118-116(91-46-26-14-27-47-91)114(89-42-22-12-23-43-89)113(88-40-20-11-21-41-88)115(90-44-24-13-25-45-90)117(118)92-48-28-15-29-49-92/h11-37,40-81,84-85H,5-10,38-39,82-83H2,1-4H3. The Hall–Kier alpha value is -13.9. The highest BCUT2D eigenvalue weighted by Gasteiger charge is 2.46. The minimum absolute atomic E-state index is 0.216. The van der Waals surface area contributed by atoms with E-state index in [1.54, 1.807) is 0 Å². The van der Waals surface area contributed by atoms with Crippen molar-refractivity contribution in [2.45, 2.75) is 97.3 Å². The third-order valence-corrected chi connectivity index (χ3v) is 26.0. The van der Waals surface area contributed by atoms with E-state index in [0.29, 0.717) is 11.8 Å². The maximum atomic E-state index is 2.68. The highest BCUT2D eigenvalue weighted by molar-refractivity contribution is 6.16. The van der Waals surface area contributed by atoms with Crippen LogP contribution in [0.1, 0.15) is 103 Å². The molecule has 0 aliphatic heterocycles. The summed E-state index contributed by atoms with van der Waals surface area (Å²) in [6.45, 7) is 9.67.